The van der Waals surface area contributed by atoms with Crippen LogP contribution in [-0.2, 0) is 16.1 Å². The fourth-order valence-electron chi connectivity index (χ4n) is 3.78. The standard InChI is InChI=1S/C18H24N2O4/c1-23-14-7-5-6-13(16(14)24-2)12-19-17(22)18(9-3-4-10-18)20-11-8-15(20)21/h5-7H,3-4,8-12H2,1-2H3,(H,19,22). The van der Waals surface area contributed by atoms with E-state index in [-0.39, 0.29) is 11.8 Å². The first-order valence-electron chi connectivity index (χ1n) is 8.41. The number of β-lactam (4-membered cyclic amide) rings is 1. The quantitative estimate of drug-likeness (QED) is 0.808. The summed E-state index contributed by atoms with van der Waals surface area (Å²) in [6.07, 6.45) is 4.03. The molecule has 1 heterocycles. The first kappa shape index (κ1) is 16.6. The van der Waals surface area contributed by atoms with E-state index in [4.69, 9.17) is 9.47 Å². The van der Waals surface area contributed by atoms with Gasteiger partial charge >= 0.3 is 0 Å². The molecule has 1 aromatic rings. The highest BCUT2D eigenvalue weighted by Crippen LogP contribution is 2.39. The third kappa shape index (κ3) is 2.70. The number of likely N-dealkylation sites (tertiary alicyclic amines) is 1. The van der Waals surface area contributed by atoms with Crippen LogP contribution in [0.5, 0.6) is 11.5 Å². The van der Waals surface area contributed by atoms with Crippen LogP contribution in [0.25, 0.3) is 0 Å². The van der Waals surface area contributed by atoms with Crippen molar-refractivity contribution in [2.75, 3.05) is 20.8 Å². The van der Waals surface area contributed by atoms with Gasteiger partial charge in [0, 0.05) is 25.1 Å². The minimum absolute atomic E-state index is 0.0575. The fourth-order valence-corrected chi connectivity index (χ4v) is 3.78. The molecule has 6 heteroatoms. The number of benzene rings is 1. The number of hydrogen-bond donors (Lipinski definition) is 1. The van der Waals surface area contributed by atoms with Crippen LogP contribution in [0.4, 0.5) is 0 Å². The number of nitrogens with zero attached hydrogens (tertiary/aromatic N) is 1. The molecule has 1 saturated heterocycles. The van der Waals surface area contributed by atoms with Crippen LogP contribution in [0.2, 0.25) is 0 Å². The summed E-state index contributed by atoms with van der Waals surface area (Å²) in [5.74, 6) is 1.29. The van der Waals surface area contributed by atoms with E-state index in [1.54, 1.807) is 19.1 Å². The molecule has 0 aromatic heterocycles. The van der Waals surface area contributed by atoms with E-state index >= 15 is 0 Å². The van der Waals surface area contributed by atoms with Crippen LogP contribution in [0, 0.1) is 0 Å². The summed E-state index contributed by atoms with van der Waals surface area (Å²) >= 11 is 0. The third-order valence-corrected chi connectivity index (χ3v) is 5.14. The maximum absolute atomic E-state index is 12.9. The Morgan fingerprint density at radius 2 is 2.00 bits per heavy atom. The van der Waals surface area contributed by atoms with Crippen molar-refractivity contribution in [3.63, 3.8) is 0 Å². The molecule has 1 N–H and O–H groups in total. The maximum atomic E-state index is 12.9. The Hall–Kier alpha value is -2.24. The predicted octanol–water partition coefficient (Wildman–Crippen LogP) is 1.87. The molecule has 2 fully saturated rings. The average molecular weight is 332 g/mol. The van der Waals surface area contributed by atoms with Crippen LogP contribution < -0.4 is 14.8 Å². The van der Waals surface area contributed by atoms with Crippen molar-refractivity contribution in [3.05, 3.63) is 23.8 Å². The van der Waals surface area contributed by atoms with E-state index in [1.807, 2.05) is 18.2 Å². The minimum Gasteiger partial charge on any atom is -0.493 e. The second-order valence-corrected chi connectivity index (χ2v) is 6.37. The normalized spacial score (nSPS) is 18.9. The van der Waals surface area contributed by atoms with Crippen molar-refractivity contribution in [2.45, 2.75) is 44.2 Å². The van der Waals surface area contributed by atoms with Gasteiger partial charge in [0.05, 0.1) is 14.2 Å². The lowest BCUT2D eigenvalue weighted by Crippen LogP contribution is -2.64. The molecule has 6 nitrogen and oxygen atoms in total. The second kappa shape index (κ2) is 6.71. The van der Waals surface area contributed by atoms with E-state index < -0.39 is 5.54 Å². The fraction of sp³-hybridized carbons (Fsp3) is 0.556. The van der Waals surface area contributed by atoms with Crippen molar-refractivity contribution in [1.29, 1.82) is 0 Å². The smallest absolute Gasteiger partial charge is 0.246 e. The lowest BCUT2D eigenvalue weighted by Gasteiger charge is -2.45. The summed E-state index contributed by atoms with van der Waals surface area (Å²) < 4.78 is 10.7. The van der Waals surface area contributed by atoms with Gasteiger partial charge in [-0.3, -0.25) is 9.59 Å². The zero-order valence-corrected chi connectivity index (χ0v) is 14.3. The molecular formula is C18H24N2O4. The lowest BCUT2D eigenvalue weighted by molar-refractivity contribution is -0.156. The van der Waals surface area contributed by atoms with Crippen LogP contribution >= 0.6 is 0 Å². The monoisotopic (exact) mass is 332 g/mol. The number of carbonyl (C=O) groups excluding carboxylic acids is 2. The number of ether oxygens (including phenoxy) is 2. The van der Waals surface area contributed by atoms with Gasteiger partial charge in [-0.15, -0.1) is 0 Å². The largest absolute Gasteiger partial charge is 0.493 e. The molecule has 2 amide bonds. The second-order valence-electron chi connectivity index (χ2n) is 6.37. The Labute approximate surface area is 142 Å². The molecule has 0 unspecified atom stereocenters. The van der Waals surface area contributed by atoms with Crippen molar-refractivity contribution in [3.8, 4) is 11.5 Å². The van der Waals surface area contributed by atoms with Crippen molar-refractivity contribution < 1.29 is 19.1 Å². The SMILES string of the molecule is COc1cccc(CNC(=O)C2(N3CCC3=O)CCCC2)c1OC. The zero-order chi connectivity index (χ0) is 17.2. The summed E-state index contributed by atoms with van der Waals surface area (Å²) in [6, 6.07) is 5.59. The zero-order valence-electron chi connectivity index (χ0n) is 14.3. The van der Waals surface area contributed by atoms with Crippen molar-refractivity contribution in [2.24, 2.45) is 0 Å². The van der Waals surface area contributed by atoms with Crippen molar-refractivity contribution >= 4 is 11.8 Å². The van der Waals surface area contributed by atoms with E-state index in [1.165, 1.54) is 0 Å². The van der Waals surface area contributed by atoms with E-state index in [0.29, 0.717) is 31.0 Å². The summed E-state index contributed by atoms with van der Waals surface area (Å²) in [7, 11) is 3.17. The number of amides is 2. The van der Waals surface area contributed by atoms with Gasteiger partial charge in [0.1, 0.15) is 5.54 Å². The van der Waals surface area contributed by atoms with E-state index in [2.05, 4.69) is 5.32 Å². The van der Waals surface area contributed by atoms with Gasteiger partial charge in [-0.25, -0.2) is 0 Å². The predicted molar refractivity (Wildman–Crippen MR) is 88.9 cm³/mol. The first-order valence-corrected chi connectivity index (χ1v) is 8.41. The molecule has 1 aliphatic heterocycles. The highest BCUT2D eigenvalue weighted by Gasteiger charge is 2.50. The molecule has 0 spiro atoms. The lowest BCUT2D eigenvalue weighted by atomic mass is 9.90. The number of para-hydroxylation sites is 1. The number of methoxy groups -OCH3 is 2. The molecular weight excluding hydrogens is 308 g/mol. The molecule has 1 saturated carbocycles. The Bertz CT molecular complexity index is 638. The number of rotatable bonds is 6. The molecule has 0 bridgehead atoms. The van der Waals surface area contributed by atoms with E-state index in [0.717, 1.165) is 31.2 Å². The van der Waals surface area contributed by atoms with Crippen LogP contribution in [0.3, 0.4) is 0 Å². The summed E-state index contributed by atoms with van der Waals surface area (Å²) in [5, 5.41) is 3.01. The van der Waals surface area contributed by atoms with Gasteiger partial charge in [-0.2, -0.15) is 0 Å². The molecule has 0 radical (unpaired) electrons. The van der Waals surface area contributed by atoms with Gasteiger partial charge in [0.25, 0.3) is 0 Å². The topological polar surface area (TPSA) is 67.9 Å². The van der Waals surface area contributed by atoms with Crippen molar-refractivity contribution in [1.82, 2.24) is 10.2 Å². The van der Waals surface area contributed by atoms with Gasteiger partial charge < -0.3 is 19.7 Å². The Kier molecular flexibility index (Phi) is 4.64. The Morgan fingerprint density at radius 1 is 1.25 bits per heavy atom. The maximum Gasteiger partial charge on any atom is 0.246 e. The molecule has 1 aromatic carbocycles. The summed E-state index contributed by atoms with van der Waals surface area (Å²) in [4.78, 5) is 26.6. The molecule has 130 valence electrons. The third-order valence-electron chi connectivity index (χ3n) is 5.14. The highest BCUT2D eigenvalue weighted by molar-refractivity contribution is 5.94. The molecule has 2 aliphatic rings. The number of nitrogens with one attached hydrogen (secondary N) is 1. The number of hydrogen-bond acceptors (Lipinski definition) is 4. The van der Waals surface area contributed by atoms with Crippen LogP contribution in [-0.4, -0.2) is 43.0 Å². The van der Waals surface area contributed by atoms with Gasteiger partial charge in [0.15, 0.2) is 11.5 Å². The Balaban J connectivity index is 1.74. The average Bonchev–Trinajstić information content (AvgIpc) is 3.07. The van der Waals surface area contributed by atoms with Gasteiger partial charge in [0.2, 0.25) is 11.8 Å². The van der Waals surface area contributed by atoms with Gasteiger partial charge in [-0.05, 0) is 18.9 Å². The minimum atomic E-state index is -0.651. The Morgan fingerprint density at radius 3 is 2.54 bits per heavy atom. The van der Waals surface area contributed by atoms with Crippen LogP contribution in [0.15, 0.2) is 18.2 Å². The summed E-state index contributed by atoms with van der Waals surface area (Å²) in [5.41, 5.74) is 0.204. The summed E-state index contributed by atoms with van der Waals surface area (Å²) in [6.45, 7) is 1.04. The van der Waals surface area contributed by atoms with Gasteiger partial charge in [-0.1, -0.05) is 25.0 Å². The molecule has 0 atom stereocenters. The molecule has 3 rings (SSSR count). The number of carbonyl (C=O) groups is 2. The molecule has 24 heavy (non-hydrogen) atoms. The highest BCUT2D eigenvalue weighted by atomic mass is 16.5. The van der Waals surface area contributed by atoms with E-state index in [9.17, 15) is 9.59 Å². The first-order chi connectivity index (χ1) is 11.6. The molecule has 1 aliphatic carbocycles. The van der Waals surface area contributed by atoms with Crippen LogP contribution in [0.1, 0.15) is 37.7 Å².